The summed E-state index contributed by atoms with van der Waals surface area (Å²) in [6.45, 7) is 0.596. The summed E-state index contributed by atoms with van der Waals surface area (Å²) in [5, 5.41) is 6.44. The van der Waals surface area contributed by atoms with E-state index in [1.807, 2.05) is 24.3 Å². The number of anilines is 1. The maximum Gasteiger partial charge on any atom is 0.319 e. The predicted molar refractivity (Wildman–Crippen MR) is 88.0 cm³/mol. The molecule has 0 bridgehead atoms. The van der Waals surface area contributed by atoms with E-state index in [1.165, 1.54) is 0 Å². The summed E-state index contributed by atoms with van der Waals surface area (Å²) in [6.07, 6.45) is 0. The average molecular weight is 327 g/mol. The lowest BCUT2D eigenvalue weighted by atomic mass is 10.3. The van der Waals surface area contributed by atoms with E-state index in [0.29, 0.717) is 23.7 Å². The van der Waals surface area contributed by atoms with Gasteiger partial charge in [0, 0.05) is 11.8 Å². The first-order valence-corrected chi connectivity index (χ1v) is 7.88. The molecule has 0 spiro atoms. The highest BCUT2D eigenvalue weighted by Crippen LogP contribution is 2.34. The number of para-hydroxylation sites is 1. The molecule has 0 unspecified atom stereocenters. The Labute approximate surface area is 136 Å². The zero-order valence-electron chi connectivity index (χ0n) is 12.0. The van der Waals surface area contributed by atoms with E-state index in [0.717, 1.165) is 15.2 Å². The van der Waals surface area contributed by atoms with E-state index < -0.39 is 0 Å². The Hall–Kier alpha value is -2.80. The topological polar surface area (TPSA) is 72.5 Å². The Bertz CT molecular complexity index is 845. The van der Waals surface area contributed by atoms with Gasteiger partial charge in [0.05, 0.1) is 16.8 Å². The number of hydrogen-bond donors (Lipinski definition) is 2. The van der Waals surface area contributed by atoms with Gasteiger partial charge in [-0.3, -0.25) is 0 Å². The van der Waals surface area contributed by atoms with Crippen LogP contribution >= 0.6 is 11.3 Å². The van der Waals surface area contributed by atoms with Crippen molar-refractivity contribution in [2.75, 3.05) is 12.1 Å². The molecule has 1 aliphatic rings. The minimum Gasteiger partial charge on any atom is -0.454 e. The molecule has 2 N–H and O–H groups in total. The standard InChI is InChI=1S/C16H13N3O3S/c20-16(18-10-5-6-12-13(7-10)22-9-21-12)17-8-15-19-11-3-1-2-4-14(11)23-15/h1-7H,8-9H2,(H2,17,18,20). The number of nitrogens with one attached hydrogen (secondary N) is 2. The summed E-state index contributed by atoms with van der Waals surface area (Å²) < 4.78 is 11.6. The van der Waals surface area contributed by atoms with Gasteiger partial charge >= 0.3 is 6.03 Å². The van der Waals surface area contributed by atoms with E-state index in [-0.39, 0.29) is 12.8 Å². The van der Waals surface area contributed by atoms with E-state index in [1.54, 1.807) is 29.5 Å². The van der Waals surface area contributed by atoms with Gasteiger partial charge in [0.1, 0.15) is 5.01 Å². The van der Waals surface area contributed by atoms with Crippen LogP contribution in [0.3, 0.4) is 0 Å². The Morgan fingerprint density at radius 2 is 2.04 bits per heavy atom. The Balaban J connectivity index is 1.38. The third-order valence-electron chi connectivity index (χ3n) is 3.37. The highest BCUT2D eigenvalue weighted by atomic mass is 32.1. The van der Waals surface area contributed by atoms with Crippen molar-refractivity contribution in [1.82, 2.24) is 10.3 Å². The third kappa shape index (κ3) is 2.91. The first kappa shape index (κ1) is 13.8. The van der Waals surface area contributed by atoms with Crippen molar-refractivity contribution in [3.05, 3.63) is 47.5 Å². The summed E-state index contributed by atoms with van der Waals surface area (Å²) in [4.78, 5) is 16.5. The van der Waals surface area contributed by atoms with Gasteiger partial charge in [-0.15, -0.1) is 11.3 Å². The molecule has 23 heavy (non-hydrogen) atoms. The van der Waals surface area contributed by atoms with Gasteiger partial charge in [-0.1, -0.05) is 12.1 Å². The van der Waals surface area contributed by atoms with Gasteiger partial charge in [-0.25, -0.2) is 9.78 Å². The van der Waals surface area contributed by atoms with E-state index in [2.05, 4.69) is 15.6 Å². The molecule has 0 fully saturated rings. The van der Waals surface area contributed by atoms with Crippen molar-refractivity contribution < 1.29 is 14.3 Å². The van der Waals surface area contributed by atoms with Gasteiger partial charge in [-0.2, -0.15) is 0 Å². The number of hydrogen-bond acceptors (Lipinski definition) is 5. The second-order valence-electron chi connectivity index (χ2n) is 4.95. The Morgan fingerprint density at radius 3 is 2.96 bits per heavy atom. The van der Waals surface area contributed by atoms with Crippen molar-refractivity contribution >= 4 is 33.3 Å². The fraction of sp³-hybridized carbons (Fsp3) is 0.125. The number of carbonyl (C=O) groups excluding carboxylic acids is 1. The molecular formula is C16H13N3O3S. The SMILES string of the molecule is O=C(NCc1nc2ccccc2s1)Nc1ccc2c(c1)OCO2. The molecule has 6 nitrogen and oxygen atoms in total. The highest BCUT2D eigenvalue weighted by Gasteiger charge is 2.14. The third-order valence-corrected chi connectivity index (χ3v) is 4.41. The maximum absolute atomic E-state index is 12.0. The number of urea groups is 1. The number of amides is 2. The summed E-state index contributed by atoms with van der Waals surface area (Å²) in [6, 6.07) is 12.9. The van der Waals surface area contributed by atoms with Gasteiger partial charge in [0.2, 0.25) is 6.79 Å². The molecule has 2 heterocycles. The smallest absolute Gasteiger partial charge is 0.319 e. The second kappa shape index (κ2) is 5.77. The number of nitrogens with zero attached hydrogens (tertiary/aromatic N) is 1. The summed E-state index contributed by atoms with van der Waals surface area (Å²) in [5.74, 6) is 1.32. The Morgan fingerprint density at radius 1 is 1.17 bits per heavy atom. The lowest BCUT2D eigenvalue weighted by molar-refractivity contribution is 0.174. The number of fused-ring (bicyclic) bond motifs is 2. The molecule has 0 aliphatic carbocycles. The van der Waals surface area contributed by atoms with Crippen LogP contribution in [0.5, 0.6) is 11.5 Å². The average Bonchev–Trinajstić information content (AvgIpc) is 3.18. The molecule has 1 aliphatic heterocycles. The number of ether oxygens (including phenoxy) is 2. The van der Waals surface area contributed by atoms with Gasteiger partial charge in [-0.05, 0) is 24.3 Å². The van der Waals surface area contributed by atoms with Crippen molar-refractivity contribution in [2.45, 2.75) is 6.54 Å². The molecule has 0 saturated carbocycles. The first-order chi connectivity index (χ1) is 11.3. The maximum atomic E-state index is 12.0. The molecule has 3 aromatic rings. The number of thiazole rings is 1. The fourth-order valence-electron chi connectivity index (χ4n) is 2.30. The molecule has 0 radical (unpaired) electrons. The van der Waals surface area contributed by atoms with Crippen molar-refractivity contribution in [1.29, 1.82) is 0 Å². The van der Waals surface area contributed by atoms with Crippen LogP contribution in [0.2, 0.25) is 0 Å². The minimum atomic E-state index is -0.289. The van der Waals surface area contributed by atoms with Crippen molar-refractivity contribution in [3.8, 4) is 11.5 Å². The van der Waals surface area contributed by atoms with Crippen molar-refractivity contribution in [3.63, 3.8) is 0 Å². The molecule has 4 rings (SSSR count). The normalized spacial score (nSPS) is 12.3. The molecule has 2 amide bonds. The van der Waals surface area contributed by atoms with Crippen LogP contribution in [0.25, 0.3) is 10.2 Å². The second-order valence-corrected chi connectivity index (χ2v) is 6.07. The first-order valence-electron chi connectivity index (χ1n) is 7.07. The lowest BCUT2D eigenvalue weighted by Crippen LogP contribution is -2.28. The van der Waals surface area contributed by atoms with Crippen LogP contribution in [0.15, 0.2) is 42.5 Å². The predicted octanol–water partition coefficient (Wildman–Crippen LogP) is 3.35. The molecule has 116 valence electrons. The molecule has 7 heteroatoms. The van der Waals surface area contributed by atoms with E-state index in [9.17, 15) is 4.79 Å². The monoisotopic (exact) mass is 327 g/mol. The molecule has 0 atom stereocenters. The Kier molecular flexibility index (Phi) is 3.47. The highest BCUT2D eigenvalue weighted by molar-refractivity contribution is 7.18. The molecule has 2 aromatic carbocycles. The van der Waals surface area contributed by atoms with Crippen LogP contribution in [-0.2, 0) is 6.54 Å². The largest absolute Gasteiger partial charge is 0.454 e. The van der Waals surface area contributed by atoms with E-state index in [4.69, 9.17) is 9.47 Å². The van der Waals surface area contributed by atoms with Crippen LogP contribution < -0.4 is 20.1 Å². The minimum absolute atomic E-state index is 0.211. The zero-order valence-corrected chi connectivity index (χ0v) is 12.9. The summed E-state index contributed by atoms with van der Waals surface area (Å²) in [7, 11) is 0. The lowest BCUT2D eigenvalue weighted by Gasteiger charge is -2.07. The fourth-order valence-corrected chi connectivity index (χ4v) is 3.21. The van der Waals surface area contributed by atoms with Gasteiger partial charge in [0.15, 0.2) is 11.5 Å². The molecule has 0 saturated heterocycles. The van der Waals surface area contributed by atoms with Gasteiger partial charge in [0.25, 0.3) is 0 Å². The van der Waals surface area contributed by atoms with Crippen LogP contribution in [0, 0.1) is 0 Å². The van der Waals surface area contributed by atoms with Crippen LogP contribution in [-0.4, -0.2) is 17.8 Å². The molecular weight excluding hydrogens is 314 g/mol. The van der Waals surface area contributed by atoms with Crippen LogP contribution in [0.4, 0.5) is 10.5 Å². The zero-order chi connectivity index (χ0) is 15.6. The van der Waals surface area contributed by atoms with Gasteiger partial charge < -0.3 is 20.1 Å². The summed E-state index contributed by atoms with van der Waals surface area (Å²) in [5.41, 5.74) is 1.60. The summed E-state index contributed by atoms with van der Waals surface area (Å²) >= 11 is 1.57. The van der Waals surface area contributed by atoms with Crippen LogP contribution in [0.1, 0.15) is 5.01 Å². The van der Waals surface area contributed by atoms with Crippen molar-refractivity contribution in [2.24, 2.45) is 0 Å². The number of carbonyl (C=O) groups is 1. The molecule has 1 aromatic heterocycles. The number of rotatable bonds is 3. The quantitative estimate of drug-likeness (QED) is 0.774. The van der Waals surface area contributed by atoms with E-state index >= 15 is 0 Å². The number of aromatic nitrogens is 1. The number of benzene rings is 2.